The smallest absolute Gasteiger partial charge is 0.283 e. The first-order valence-electron chi connectivity index (χ1n) is 6.53. The SMILES string of the molecule is Cc1ccc(-c2ccccc2)cc1S(=O)(=O)N=CN(C)C. The van der Waals surface area contributed by atoms with Crippen molar-refractivity contribution in [3.05, 3.63) is 54.1 Å². The second kappa shape index (κ2) is 6.10. The van der Waals surface area contributed by atoms with Crippen LogP contribution in [0.25, 0.3) is 11.1 Å². The van der Waals surface area contributed by atoms with Crippen molar-refractivity contribution in [2.24, 2.45) is 4.40 Å². The Labute approximate surface area is 125 Å². The molecule has 4 nitrogen and oxygen atoms in total. The molecule has 0 aliphatic carbocycles. The molecule has 2 aromatic rings. The fraction of sp³-hybridized carbons (Fsp3) is 0.188. The maximum absolute atomic E-state index is 12.3. The summed E-state index contributed by atoms with van der Waals surface area (Å²) in [5.74, 6) is 0. The summed E-state index contributed by atoms with van der Waals surface area (Å²) in [6, 6.07) is 15.1. The van der Waals surface area contributed by atoms with E-state index in [4.69, 9.17) is 0 Å². The summed E-state index contributed by atoms with van der Waals surface area (Å²) in [4.78, 5) is 1.83. The second-order valence-corrected chi connectivity index (χ2v) is 6.61. The first kappa shape index (κ1) is 15.3. The summed E-state index contributed by atoms with van der Waals surface area (Å²) in [7, 11) is -0.232. The molecule has 0 saturated heterocycles. The zero-order valence-corrected chi connectivity index (χ0v) is 13.1. The molecular formula is C16H18N2O2S. The highest BCUT2D eigenvalue weighted by Gasteiger charge is 2.16. The lowest BCUT2D eigenvalue weighted by Crippen LogP contribution is -2.10. The Morgan fingerprint density at radius 1 is 1.00 bits per heavy atom. The van der Waals surface area contributed by atoms with E-state index in [0.717, 1.165) is 11.1 Å². The van der Waals surface area contributed by atoms with Crippen molar-refractivity contribution in [1.29, 1.82) is 0 Å². The van der Waals surface area contributed by atoms with Crippen LogP contribution in [0.2, 0.25) is 0 Å². The van der Waals surface area contributed by atoms with Crippen LogP contribution in [0.3, 0.4) is 0 Å². The molecule has 0 aliphatic rings. The van der Waals surface area contributed by atoms with E-state index in [1.54, 1.807) is 38.1 Å². The first-order valence-corrected chi connectivity index (χ1v) is 7.97. The van der Waals surface area contributed by atoms with Crippen molar-refractivity contribution in [2.45, 2.75) is 11.8 Å². The molecule has 0 spiro atoms. The molecule has 0 unspecified atom stereocenters. The monoisotopic (exact) mass is 302 g/mol. The van der Waals surface area contributed by atoms with Crippen molar-refractivity contribution in [1.82, 2.24) is 4.90 Å². The van der Waals surface area contributed by atoms with Crippen LogP contribution in [0.5, 0.6) is 0 Å². The van der Waals surface area contributed by atoms with Gasteiger partial charge in [0, 0.05) is 14.1 Å². The standard InChI is InChI=1S/C16H18N2O2S/c1-13-9-10-15(14-7-5-4-6-8-14)11-16(13)21(19,20)17-12-18(2)3/h4-12H,1-3H3. The van der Waals surface area contributed by atoms with E-state index < -0.39 is 10.0 Å². The highest BCUT2D eigenvalue weighted by molar-refractivity contribution is 7.90. The largest absolute Gasteiger partial charge is 0.368 e. The van der Waals surface area contributed by atoms with Crippen LogP contribution in [0.1, 0.15) is 5.56 Å². The Kier molecular flexibility index (Phi) is 4.43. The molecule has 0 amide bonds. The average Bonchev–Trinajstić information content (AvgIpc) is 2.46. The minimum Gasteiger partial charge on any atom is -0.368 e. The predicted octanol–water partition coefficient (Wildman–Crippen LogP) is 2.94. The highest BCUT2D eigenvalue weighted by atomic mass is 32.2. The van der Waals surface area contributed by atoms with Gasteiger partial charge in [0.2, 0.25) is 0 Å². The maximum Gasteiger partial charge on any atom is 0.283 e. The molecule has 5 heteroatoms. The van der Waals surface area contributed by atoms with Gasteiger partial charge in [0.15, 0.2) is 0 Å². The first-order chi connectivity index (χ1) is 9.90. The van der Waals surface area contributed by atoms with Crippen molar-refractivity contribution in [2.75, 3.05) is 14.1 Å². The van der Waals surface area contributed by atoms with Gasteiger partial charge in [-0.25, -0.2) is 0 Å². The normalized spacial score (nSPS) is 11.8. The molecular weight excluding hydrogens is 284 g/mol. The molecule has 110 valence electrons. The van der Waals surface area contributed by atoms with E-state index >= 15 is 0 Å². The number of rotatable bonds is 4. The number of nitrogens with zero attached hydrogens (tertiary/aromatic N) is 2. The summed E-state index contributed by atoms with van der Waals surface area (Å²) in [6.45, 7) is 1.77. The molecule has 0 radical (unpaired) electrons. The minimum absolute atomic E-state index is 0.238. The quantitative estimate of drug-likeness (QED) is 0.644. The molecule has 0 N–H and O–H groups in total. The number of benzene rings is 2. The molecule has 0 bridgehead atoms. The maximum atomic E-state index is 12.3. The second-order valence-electron chi connectivity index (χ2n) is 5.01. The molecule has 2 aromatic carbocycles. The van der Waals surface area contributed by atoms with Gasteiger partial charge >= 0.3 is 0 Å². The summed E-state index contributed by atoms with van der Waals surface area (Å²) in [6.07, 6.45) is 1.30. The van der Waals surface area contributed by atoms with Crippen LogP contribution in [0.15, 0.2) is 57.8 Å². The van der Waals surface area contributed by atoms with Gasteiger partial charge in [0.25, 0.3) is 10.0 Å². The lowest BCUT2D eigenvalue weighted by molar-refractivity contribution is 0.594. The third-order valence-electron chi connectivity index (χ3n) is 2.99. The number of sulfonamides is 1. The van der Waals surface area contributed by atoms with E-state index in [1.165, 1.54) is 6.34 Å². The van der Waals surface area contributed by atoms with Gasteiger partial charge < -0.3 is 4.90 Å². The van der Waals surface area contributed by atoms with Crippen LogP contribution in [0, 0.1) is 6.92 Å². The number of aryl methyl sites for hydroxylation is 1. The van der Waals surface area contributed by atoms with Gasteiger partial charge in [-0.15, -0.1) is 4.40 Å². The van der Waals surface area contributed by atoms with Crippen molar-refractivity contribution < 1.29 is 8.42 Å². The minimum atomic E-state index is -3.69. The molecule has 21 heavy (non-hydrogen) atoms. The number of hydrogen-bond acceptors (Lipinski definition) is 2. The van der Waals surface area contributed by atoms with Gasteiger partial charge in [0.1, 0.15) is 6.34 Å². The van der Waals surface area contributed by atoms with E-state index in [1.807, 2.05) is 36.4 Å². The van der Waals surface area contributed by atoms with Gasteiger partial charge in [0.05, 0.1) is 4.90 Å². The van der Waals surface area contributed by atoms with Gasteiger partial charge in [-0.2, -0.15) is 8.42 Å². The van der Waals surface area contributed by atoms with Crippen LogP contribution in [-0.2, 0) is 10.0 Å². The Hall–Kier alpha value is -2.14. The summed E-state index contributed by atoms with van der Waals surface area (Å²) >= 11 is 0. The van der Waals surface area contributed by atoms with Crippen molar-refractivity contribution in [3.63, 3.8) is 0 Å². The van der Waals surface area contributed by atoms with Crippen LogP contribution in [0.4, 0.5) is 0 Å². The fourth-order valence-corrected chi connectivity index (χ4v) is 3.08. The highest BCUT2D eigenvalue weighted by Crippen LogP contribution is 2.25. The molecule has 0 aromatic heterocycles. The molecule has 0 heterocycles. The molecule has 0 atom stereocenters. The van der Waals surface area contributed by atoms with E-state index in [9.17, 15) is 8.42 Å². The number of hydrogen-bond donors (Lipinski definition) is 0. The summed E-state index contributed by atoms with van der Waals surface area (Å²) in [5, 5.41) is 0. The average molecular weight is 302 g/mol. The topological polar surface area (TPSA) is 49.7 Å². The van der Waals surface area contributed by atoms with E-state index in [2.05, 4.69) is 4.40 Å². The zero-order valence-electron chi connectivity index (χ0n) is 12.3. The Bertz CT molecular complexity index is 751. The lowest BCUT2D eigenvalue weighted by Gasteiger charge is -2.08. The molecule has 0 aliphatic heterocycles. The fourth-order valence-electron chi connectivity index (χ4n) is 1.90. The Morgan fingerprint density at radius 2 is 1.67 bits per heavy atom. The Morgan fingerprint density at radius 3 is 2.29 bits per heavy atom. The van der Waals surface area contributed by atoms with Gasteiger partial charge in [-0.3, -0.25) is 0 Å². The predicted molar refractivity (Wildman–Crippen MR) is 86.0 cm³/mol. The zero-order chi connectivity index (χ0) is 15.5. The van der Waals surface area contributed by atoms with Crippen LogP contribution >= 0.6 is 0 Å². The molecule has 0 saturated carbocycles. The van der Waals surface area contributed by atoms with E-state index in [-0.39, 0.29) is 4.90 Å². The molecule has 2 rings (SSSR count). The van der Waals surface area contributed by atoms with Gasteiger partial charge in [-0.1, -0.05) is 42.5 Å². The van der Waals surface area contributed by atoms with Crippen molar-refractivity contribution in [3.8, 4) is 11.1 Å². The van der Waals surface area contributed by atoms with Crippen LogP contribution < -0.4 is 0 Å². The summed E-state index contributed by atoms with van der Waals surface area (Å²) in [5.41, 5.74) is 2.52. The van der Waals surface area contributed by atoms with Gasteiger partial charge in [-0.05, 0) is 29.7 Å². The van der Waals surface area contributed by atoms with E-state index in [0.29, 0.717) is 5.56 Å². The lowest BCUT2D eigenvalue weighted by atomic mass is 10.0. The third kappa shape index (κ3) is 3.70. The molecule has 0 fully saturated rings. The summed E-state index contributed by atoms with van der Waals surface area (Å²) < 4.78 is 28.3. The third-order valence-corrected chi connectivity index (χ3v) is 4.36. The van der Waals surface area contributed by atoms with Crippen molar-refractivity contribution >= 4 is 16.4 Å². The Balaban J connectivity index is 2.50. The van der Waals surface area contributed by atoms with Crippen LogP contribution in [-0.4, -0.2) is 33.8 Å².